The van der Waals surface area contributed by atoms with Crippen molar-refractivity contribution in [2.45, 2.75) is 65.0 Å². The summed E-state index contributed by atoms with van der Waals surface area (Å²) in [5, 5.41) is 6.94. The Balaban J connectivity index is 4.09. The molecule has 8 heteroatoms. The highest BCUT2D eigenvalue weighted by Gasteiger charge is 2.21. The fourth-order valence-electron chi connectivity index (χ4n) is 2.14. The van der Waals surface area contributed by atoms with Crippen LogP contribution in [-0.4, -0.2) is 55.4 Å². The van der Waals surface area contributed by atoms with Crippen LogP contribution in [0.2, 0.25) is 0 Å². The fourth-order valence-corrected chi connectivity index (χ4v) is 2.14. The summed E-state index contributed by atoms with van der Waals surface area (Å²) in [7, 11) is 0. The third-order valence-corrected chi connectivity index (χ3v) is 3.34. The van der Waals surface area contributed by atoms with Crippen LogP contribution in [0.4, 0.5) is 4.79 Å². The van der Waals surface area contributed by atoms with Crippen molar-refractivity contribution >= 4 is 6.09 Å². The Kier molecular flexibility index (Phi) is 12.1. The smallest absolute Gasteiger partial charge is 0.410 e. The molecule has 0 spiro atoms. The number of hydrogen-bond acceptors (Lipinski definition) is 5. The van der Waals surface area contributed by atoms with Crippen LogP contribution in [0.25, 0.3) is 10.4 Å². The maximum Gasteiger partial charge on any atom is 0.410 e. The van der Waals surface area contributed by atoms with Crippen molar-refractivity contribution < 1.29 is 9.53 Å². The number of nitrogens with two attached hydrogens (primary N) is 1. The van der Waals surface area contributed by atoms with Crippen LogP contribution in [-0.2, 0) is 4.74 Å². The number of carbonyl (C=O) groups excluding carboxylic acids is 1. The van der Waals surface area contributed by atoms with Gasteiger partial charge in [-0.05, 0) is 72.0 Å². The predicted molar refractivity (Wildman–Crippen MR) is 96.8 cm³/mol. The maximum absolute atomic E-state index is 12.2. The summed E-state index contributed by atoms with van der Waals surface area (Å²) < 4.78 is 5.44. The molecule has 0 aromatic carbocycles. The van der Waals surface area contributed by atoms with Gasteiger partial charge in [0.25, 0.3) is 0 Å². The van der Waals surface area contributed by atoms with Crippen molar-refractivity contribution in [2.24, 2.45) is 10.8 Å². The molecule has 0 aliphatic carbocycles. The van der Waals surface area contributed by atoms with Crippen LogP contribution >= 0.6 is 0 Å². The zero-order valence-electron chi connectivity index (χ0n) is 15.6. The van der Waals surface area contributed by atoms with E-state index in [2.05, 4.69) is 22.3 Å². The summed E-state index contributed by atoms with van der Waals surface area (Å²) in [5.74, 6) is 0. The maximum atomic E-state index is 12.2. The summed E-state index contributed by atoms with van der Waals surface area (Å²) in [6, 6.07) is 0.359. The summed E-state index contributed by atoms with van der Waals surface area (Å²) in [6.07, 6.45) is 3.17. The largest absolute Gasteiger partial charge is 0.444 e. The lowest BCUT2D eigenvalue weighted by atomic mass is 10.2. The Labute approximate surface area is 145 Å². The Bertz CT molecular complexity index is 391. The lowest BCUT2D eigenvalue weighted by Crippen LogP contribution is -2.39. The second-order valence-corrected chi connectivity index (χ2v) is 6.92. The molecule has 0 aliphatic heterocycles. The van der Waals surface area contributed by atoms with E-state index in [0.29, 0.717) is 32.2 Å². The van der Waals surface area contributed by atoms with E-state index in [-0.39, 0.29) is 6.09 Å². The molecule has 140 valence electrons. The molecule has 3 N–H and O–H groups in total. The molecule has 24 heavy (non-hydrogen) atoms. The number of azide groups is 1. The molecule has 1 unspecified atom stereocenters. The molecule has 0 aromatic heterocycles. The lowest BCUT2D eigenvalue weighted by Gasteiger charge is -2.27. The van der Waals surface area contributed by atoms with Crippen molar-refractivity contribution in [1.82, 2.24) is 10.2 Å². The SMILES string of the molecule is CC(CCCN=[N+]=[N-])NCCCN(CCCN)C(=O)OC(C)(C)C. The van der Waals surface area contributed by atoms with Gasteiger partial charge in [-0.3, -0.25) is 0 Å². The first-order chi connectivity index (χ1) is 11.3. The molecule has 0 fully saturated rings. The molecule has 1 amide bonds. The minimum absolute atomic E-state index is 0.279. The molecule has 0 bridgehead atoms. The molecule has 1 atom stereocenters. The van der Waals surface area contributed by atoms with Gasteiger partial charge < -0.3 is 20.7 Å². The second-order valence-electron chi connectivity index (χ2n) is 6.92. The lowest BCUT2D eigenvalue weighted by molar-refractivity contribution is 0.0247. The van der Waals surface area contributed by atoms with Gasteiger partial charge >= 0.3 is 6.09 Å². The highest BCUT2D eigenvalue weighted by Crippen LogP contribution is 2.10. The first-order valence-electron chi connectivity index (χ1n) is 8.72. The molecule has 0 saturated heterocycles. The molecular weight excluding hydrogens is 308 g/mol. The number of ether oxygens (including phenoxy) is 1. The van der Waals surface area contributed by atoms with Crippen molar-refractivity contribution in [3.63, 3.8) is 0 Å². The van der Waals surface area contributed by atoms with Crippen LogP contribution in [0.5, 0.6) is 0 Å². The number of carbonyl (C=O) groups is 1. The molecule has 0 radical (unpaired) electrons. The van der Waals surface area contributed by atoms with Crippen LogP contribution in [0.3, 0.4) is 0 Å². The van der Waals surface area contributed by atoms with Crippen LogP contribution in [0.1, 0.15) is 53.4 Å². The Morgan fingerprint density at radius 1 is 1.33 bits per heavy atom. The van der Waals surface area contributed by atoms with E-state index in [1.807, 2.05) is 20.8 Å². The van der Waals surface area contributed by atoms with E-state index >= 15 is 0 Å². The first-order valence-corrected chi connectivity index (χ1v) is 8.72. The highest BCUT2D eigenvalue weighted by molar-refractivity contribution is 5.68. The Hall–Kier alpha value is -1.50. The molecule has 0 aliphatic rings. The third-order valence-electron chi connectivity index (χ3n) is 3.34. The Morgan fingerprint density at radius 3 is 2.58 bits per heavy atom. The van der Waals surface area contributed by atoms with Gasteiger partial charge in [0.15, 0.2) is 0 Å². The number of hydrogen-bond donors (Lipinski definition) is 2. The summed E-state index contributed by atoms with van der Waals surface area (Å²) >= 11 is 0. The van der Waals surface area contributed by atoms with Gasteiger partial charge in [-0.15, -0.1) is 0 Å². The zero-order valence-corrected chi connectivity index (χ0v) is 15.6. The van der Waals surface area contributed by atoms with Gasteiger partial charge in [0, 0.05) is 30.6 Å². The molecule has 8 nitrogen and oxygen atoms in total. The van der Waals surface area contributed by atoms with Crippen LogP contribution < -0.4 is 11.1 Å². The highest BCUT2D eigenvalue weighted by atomic mass is 16.6. The number of amides is 1. The standard InChI is InChI=1S/C16H34N6O2/c1-14(8-5-11-20-21-18)19-10-7-13-22(12-6-9-17)15(23)24-16(2,3)4/h14,19H,5-13,17H2,1-4H3. The second kappa shape index (κ2) is 12.9. The van der Waals surface area contributed by atoms with Crippen molar-refractivity contribution in [1.29, 1.82) is 0 Å². The van der Waals surface area contributed by atoms with Gasteiger partial charge in [-0.25, -0.2) is 4.79 Å². The van der Waals surface area contributed by atoms with Crippen LogP contribution in [0, 0.1) is 0 Å². The quantitative estimate of drug-likeness (QED) is 0.245. The van der Waals surface area contributed by atoms with Gasteiger partial charge in [0.05, 0.1) is 0 Å². The summed E-state index contributed by atoms with van der Waals surface area (Å²) in [6.45, 7) is 10.9. The van der Waals surface area contributed by atoms with E-state index in [1.165, 1.54) is 0 Å². The summed E-state index contributed by atoms with van der Waals surface area (Å²) in [4.78, 5) is 16.7. The third kappa shape index (κ3) is 13.0. The molecule has 0 heterocycles. The predicted octanol–water partition coefficient (Wildman–Crippen LogP) is 3.03. The van der Waals surface area contributed by atoms with Gasteiger partial charge in [-0.1, -0.05) is 5.11 Å². The zero-order chi connectivity index (χ0) is 18.4. The van der Waals surface area contributed by atoms with E-state index in [4.69, 9.17) is 16.0 Å². The van der Waals surface area contributed by atoms with Gasteiger partial charge in [0.1, 0.15) is 5.60 Å². The van der Waals surface area contributed by atoms with E-state index in [0.717, 1.165) is 32.2 Å². The van der Waals surface area contributed by atoms with E-state index in [9.17, 15) is 4.79 Å². The van der Waals surface area contributed by atoms with E-state index < -0.39 is 5.60 Å². The minimum Gasteiger partial charge on any atom is -0.444 e. The normalized spacial score (nSPS) is 12.4. The molecular formula is C16H34N6O2. The fraction of sp³-hybridized carbons (Fsp3) is 0.938. The topological polar surface area (TPSA) is 116 Å². The average molecular weight is 342 g/mol. The summed E-state index contributed by atoms with van der Waals surface area (Å²) in [5.41, 5.74) is 13.3. The van der Waals surface area contributed by atoms with Crippen molar-refractivity contribution in [3.8, 4) is 0 Å². The van der Waals surface area contributed by atoms with E-state index in [1.54, 1.807) is 4.90 Å². The average Bonchev–Trinajstić information content (AvgIpc) is 2.49. The number of nitrogens with zero attached hydrogens (tertiary/aromatic N) is 4. The van der Waals surface area contributed by atoms with Crippen molar-refractivity contribution in [3.05, 3.63) is 10.4 Å². The number of rotatable bonds is 12. The van der Waals surface area contributed by atoms with Crippen molar-refractivity contribution in [2.75, 3.05) is 32.7 Å². The molecule has 0 rings (SSSR count). The number of nitrogens with one attached hydrogen (secondary N) is 1. The Morgan fingerprint density at radius 2 is 2.00 bits per heavy atom. The monoisotopic (exact) mass is 342 g/mol. The van der Waals surface area contributed by atoms with Crippen LogP contribution in [0.15, 0.2) is 5.11 Å². The molecule has 0 saturated carbocycles. The van der Waals surface area contributed by atoms with Gasteiger partial charge in [0.2, 0.25) is 0 Å². The first kappa shape index (κ1) is 22.5. The van der Waals surface area contributed by atoms with Gasteiger partial charge in [-0.2, -0.15) is 0 Å². The minimum atomic E-state index is -0.489. The molecule has 0 aromatic rings.